The van der Waals surface area contributed by atoms with Gasteiger partial charge < -0.3 is 10.5 Å². The van der Waals surface area contributed by atoms with Gasteiger partial charge in [0.15, 0.2) is 0 Å². The molecule has 0 aromatic rings. The summed E-state index contributed by atoms with van der Waals surface area (Å²) in [4.78, 5) is 2.51. The van der Waals surface area contributed by atoms with E-state index in [2.05, 4.69) is 18.7 Å². The van der Waals surface area contributed by atoms with Crippen LogP contribution < -0.4 is 5.73 Å². The van der Waals surface area contributed by atoms with Crippen LogP contribution in [0.3, 0.4) is 0 Å². The van der Waals surface area contributed by atoms with Crippen molar-refractivity contribution in [1.82, 2.24) is 4.90 Å². The molecule has 3 heteroatoms. The molecule has 0 saturated carbocycles. The second-order valence-electron chi connectivity index (χ2n) is 4.53. The molecule has 1 saturated heterocycles. The fraction of sp³-hybridized carbons (Fsp3) is 1.00. The van der Waals surface area contributed by atoms with E-state index in [0.717, 1.165) is 19.6 Å². The van der Waals surface area contributed by atoms with Crippen molar-refractivity contribution >= 4 is 0 Å². The van der Waals surface area contributed by atoms with Crippen LogP contribution in [0.2, 0.25) is 0 Å². The summed E-state index contributed by atoms with van der Waals surface area (Å²) in [6.07, 6.45) is 2.89. The van der Waals surface area contributed by atoms with E-state index in [9.17, 15) is 0 Å². The molecular weight excluding hydrogens is 176 g/mol. The monoisotopic (exact) mass is 200 g/mol. The molecule has 0 spiro atoms. The van der Waals surface area contributed by atoms with Gasteiger partial charge in [0.1, 0.15) is 0 Å². The van der Waals surface area contributed by atoms with Gasteiger partial charge in [-0.3, -0.25) is 4.90 Å². The highest BCUT2D eigenvalue weighted by Gasteiger charge is 2.25. The van der Waals surface area contributed by atoms with E-state index in [1.807, 2.05) is 0 Å². The smallest absolute Gasteiger partial charge is 0.0670 e. The molecule has 0 amide bonds. The second-order valence-corrected chi connectivity index (χ2v) is 4.53. The highest BCUT2D eigenvalue weighted by Crippen LogP contribution is 2.21. The van der Waals surface area contributed by atoms with Crippen LogP contribution in [0.4, 0.5) is 0 Å². The minimum atomic E-state index is 0.328. The van der Waals surface area contributed by atoms with Crippen LogP contribution in [0.25, 0.3) is 0 Å². The predicted octanol–water partition coefficient (Wildman–Crippen LogP) is 1.08. The van der Waals surface area contributed by atoms with Gasteiger partial charge in [0, 0.05) is 26.2 Å². The average Bonchev–Trinajstić information content (AvgIpc) is 2.21. The van der Waals surface area contributed by atoms with Crippen LogP contribution in [-0.4, -0.2) is 43.8 Å². The van der Waals surface area contributed by atoms with Crippen molar-refractivity contribution in [3.8, 4) is 0 Å². The van der Waals surface area contributed by atoms with Crippen molar-refractivity contribution in [2.45, 2.75) is 38.8 Å². The van der Waals surface area contributed by atoms with Crippen LogP contribution in [0.1, 0.15) is 26.7 Å². The normalized spacial score (nSPS) is 31.7. The highest BCUT2D eigenvalue weighted by atomic mass is 16.5. The number of ether oxygens (including phenoxy) is 1. The maximum Gasteiger partial charge on any atom is 0.0670 e. The SMILES string of the molecule is COC(C)CN1CC(CN)CCC1C. The Morgan fingerprint density at radius 3 is 2.79 bits per heavy atom. The lowest BCUT2D eigenvalue weighted by molar-refractivity contribution is 0.0377. The lowest BCUT2D eigenvalue weighted by atomic mass is 9.93. The third-order valence-electron chi connectivity index (χ3n) is 3.34. The second kappa shape index (κ2) is 5.69. The van der Waals surface area contributed by atoms with Gasteiger partial charge in [-0.25, -0.2) is 0 Å². The largest absolute Gasteiger partial charge is 0.380 e. The van der Waals surface area contributed by atoms with Gasteiger partial charge in [0.25, 0.3) is 0 Å². The van der Waals surface area contributed by atoms with Gasteiger partial charge in [0.05, 0.1) is 6.10 Å². The lowest BCUT2D eigenvalue weighted by Crippen LogP contribution is -2.46. The minimum Gasteiger partial charge on any atom is -0.380 e. The number of nitrogens with two attached hydrogens (primary N) is 1. The zero-order valence-corrected chi connectivity index (χ0v) is 9.70. The summed E-state index contributed by atoms with van der Waals surface area (Å²) in [5.41, 5.74) is 5.72. The molecule has 0 radical (unpaired) electrons. The summed E-state index contributed by atoms with van der Waals surface area (Å²) in [6, 6.07) is 0.690. The van der Waals surface area contributed by atoms with E-state index in [1.54, 1.807) is 7.11 Å². The molecule has 14 heavy (non-hydrogen) atoms. The standard InChI is InChI=1S/C11H24N2O/c1-9-4-5-11(6-12)8-13(9)7-10(2)14-3/h9-11H,4-8,12H2,1-3H3. The maximum absolute atomic E-state index is 5.72. The Labute approximate surface area is 87.6 Å². The third-order valence-corrected chi connectivity index (χ3v) is 3.34. The summed E-state index contributed by atoms with van der Waals surface area (Å²) in [5.74, 6) is 0.690. The molecule has 1 fully saturated rings. The first-order valence-electron chi connectivity index (χ1n) is 5.64. The van der Waals surface area contributed by atoms with Gasteiger partial charge in [0.2, 0.25) is 0 Å². The first-order chi connectivity index (χ1) is 6.67. The first-order valence-corrected chi connectivity index (χ1v) is 5.64. The van der Waals surface area contributed by atoms with E-state index >= 15 is 0 Å². The van der Waals surface area contributed by atoms with Gasteiger partial charge >= 0.3 is 0 Å². The summed E-state index contributed by atoms with van der Waals surface area (Å²) < 4.78 is 5.30. The topological polar surface area (TPSA) is 38.5 Å². The minimum absolute atomic E-state index is 0.328. The van der Waals surface area contributed by atoms with Crippen molar-refractivity contribution in [3.05, 3.63) is 0 Å². The number of rotatable bonds is 4. The quantitative estimate of drug-likeness (QED) is 0.738. The Morgan fingerprint density at radius 1 is 1.50 bits per heavy atom. The Kier molecular flexibility index (Phi) is 4.85. The number of methoxy groups -OCH3 is 1. The number of hydrogen-bond donors (Lipinski definition) is 1. The lowest BCUT2D eigenvalue weighted by Gasteiger charge is -2.38. The Balaban J connectivity index is 2.40. The number of nitrogens with zero attached hydrogens (tertiary/aromatic N) is 1. The van der Waals surface area contributed by atoms with Gasteiger partial charge in [-0.15, -0.1) is 0 Å². The molecule has 0 aromatic carbocycles. The van der Waals surface area contributed by atoms with Crippen molar-refractivity contribution in [1.29, 1.82) is 0 Å². The summed E-state index contributed by atoms with van der Waals surface area (Å²) in [6.45, 7) is 7.43. The third kappa shape index (κ3) is 3.23. The summed E-state index contributed by atoms with van der Waals surface area (Å²) in [5, 5.41) is 0. The van der Waals surface area contributed by atoms with E-state index in [4.69, 9.17) is 10.5 Å². The Bertz CT molecular complexity index is 161. The molecular formula is C11H24N2O. The fourth-order valence-electron chi connectivity index (χ4n) is 2.11. The molecule has 1 aliphatic rings. The van der Waals surface area contributed by atoms with E-state index < -0.39 is 0 Å². The van der Waals surface area contributed by atoms with Gasteiger partial charge in [-0.2, -0.15) is 0 Å². The van der Waals surface area contributed by atoms with E-state index in [1.165, 1.54) is 12.8 Å². The van der Waals surface area contributed by atoms with Crippen LogP contribution >= 0.6 is 0 Å². The molecule has 0 bridgehead atoms. The molecule has 2 N–H and O–H groups in total. The molecule has 0 aromatic heterocycles. The summed E-state index contributed by atoms with van der Waals surface area (Å²) in [7, 11) is 1.78. The maximum atomic E-state index is 5.72. The van der Waals surface area contributed by atoms with E-state index in [0.29, 0.717) is 18.1 Å². The molecule has 3 nitrogen and oxygen atoms in total. The zero-order valence-electron chi connectivity index (χ0n) is 9.70. The summed E-state index contributed by atoms with van der Waals surface area (Å²) >= 11 is 0. The fourth-order valence-corrected chi connectivity index (χ4v) is 2.11. The van der Waals surface area contributed by atoms with Crippen LogP contribution in [0, 0.1) is 5.92 Å². The molecule has 3 atom stereocenters. The van der Waals surface area contributed by atoms with Gasteiger partial charge in [-0.05, 0) is 39.2 Å². The average molecular weight is 200 g/mol. The molecule has 3 unspecified atom stereocenters. The zero-order chi connectivity index (χ0) is 10.6. The molecule has 1 aliphatic heterocycles. The predicted molar refractivity (Wildman–Crippen MR) is 59.3 cm³/mol. The van der Waals surface area contributed by atoms with Crippen LogP contribution in [0.15, 0.2) is 0 Å². The molecule has 84 valence electrons. The van der Waals surface area contributed by atoms with Crippen molar-refractivity contribution in [2.75, 3.05) is 26.7 Å². The number of hydrogen-bond acceptors (Lipinski definition) is 3. The first kappa shape index (κ1) is 12.0. The van der Waals surface area contributed by atoms with Crippen molar-refractivity contribution in [3.63, 3.8) is 0 Å². The van der Waals surface area contributed by atoms with Crippen LogP contribution in [0.5, 0.6) is 0 Å². The van der Waals surface area contributed by atoms with Crippen LogP contribution in [-0.2, 0) is 4.74 Å². The Hall–Kier alpha value is -0.120. The number of likely N-dealkylation sites (tertiary alicyclic amines) is 1. The highest BCUT2D eigenvalue weighted by molar-refractivity contribution is 4.80. The van der Waals surface area contributed by atoms with E-state index in [-0.39, 0.29) is 0 Å². The number of piperidine rings is 1. The Morgan fingerprint density at radius 2 is 2.21 bits per heavy atom. The van der Waals surface area contributed by atoms with Crippen molar-refractivity contribution in [2.24, 2.45) is 11.7 Å². The van der Waals surface area contributed by atoms with Gasteiger partial charge in [-0.1, -0.05) is 0 Å². The molecule has 0 aliphatic carbocycles. The molecule has 1 heterocycles. The van der Waals surface area contributed by atoms with Crippen molar-refractivity contribution < 1.29 is 4.74 Å². The molecule has 1 rings (SSSR count).